The molecular formula is C23H28FN5O2. The molecule has 2 amide bonds. The normalized spacial score (nSPS) is 33.4. The summed E-state index contributed by atoms with van der Waals surface area (Å²) in [6.45, 7) is 3.05. The summed E-state index contributed by atoms with van der Waals surface area (Å²) in [4.78, 5) is 31.8. The van der Waals surface area contributed by atoms with Crippen molar-refractivity contribution in [3.05, 3.63) is 35.6 Å². The lowest BCUT2D eigenvalue weighted by atomic mass is 10.0. The summed E-state index contributed by atoms with van der Waals surface area (Å²) in [6.07, 6.45) is 3.21. The van der Waals surface area contributed by atoms with Crippen LogP contribution in [0.2, 0.25) is 0 Å². The fourth-order valence-electron chi connectivity index (χ4n) is 5.99. The minimum Gasteiger partial charge on any atom is -0.330 e. The van der Waals surface area contributed by atoms with Crippen LogP contribution in [-0.2, 0) is 9.59 Å². The molecule has 1 aromatic carbocycles. The number of carbonyl (C=O) groups excluding carboxylic acids is 2. The van der Waals surface area contributed by atoms with Crippen LogP contribution in [0.5, 0.6) is 0 Å². The molecule has 3 heterocycles. The van der Waals surface area contributed by atoms with E-state index in [1.54, 1.807) is 17.0 Å². The summed E-state index contributed by atoms with van der Waals surface area (Å²) in [6, 6.07) is 7.42. The Labute approximate surface area is 181 Å². The first-order valence-electron chi connectivity index (χ1n) is 11.2. The first kappa shape index (κ1) is 20.4. The molecule has 0 spiro atoms. The number of fused-ring (bicyclic) bond motifs is 3. The van der Waals surface area contributed by atoms with E-state index in [2.05, 4.69) is 6.07 Å². The fourth-order valence-corrected chi connectivity index (χ4v) is 5.99. The summed E-state index contributed by atoms with van der Waals surface area (Å²) in [5, 5.41) is 9.36. The molecule has 7 nitrogen and oxygen atoms in total. The van der Waals surface area contributed by atoms with Gasteiger partial charge in [-0.25, -0.2) is 4.39 Å². The largest absolute Gasteiger partial charge is 0.330 e. The van der Waals surface area contributed by atoms with Crippen LogP contribution in [0.4, 0.5) is 4.39 Å². The van der Waals surface area contributed by atoms with E-state index in [9.17, 15) is 19.2 Å². The molecule has 3 aliphatic heterocycles. The van der Waals surface area contributed by atoms with Crippen molar-refractivity contribution in [3.63, 3.8) is 0 Å². The van der Waals surface area contributed by atoms with Crippen LogP contribution < -0.4 is 5.73 Å². The van der Waals surface area contributed by atoms with Gasteiger partial charge in [-0.15, -0.1) is 0 Å². The van der Waals surface area contributed by atoms with Crippen molar-refractivity contribution in [3.8, 4) is 6.07 Å². The highest BCUT2D eigenvalue weighted by Gasteiger charge is 2.56. The van der Waals surface area contributed by atoms with Crippen molar-refractivity contribution in [2.45, 2.75) is 68.9 Å². The third kappa shape index (κ3) is 3.31. The average Bonchev–Trinajstić information content (AvgIpc) is 3.10. The maximum absolute atomic E-state index is 13.3. The number of nitrogens with zero attached hydrogens (tertiary/aromatic N) is 4. The van der Waals surface area contributed by atoms with Gasteiger partial charge in [-0.3, -0.25) is 14.5 Å². The number of nitriles is 1. The smallest absolute Gasteiger partial charge is 0.242 e. The van der Waals surface area contributed by atoms with Crippen LogP contribution in [0.25, 0.3) is 0 Å². The Bertz CT molecular complexity index is 931. The second-order valence-electron chi connectivity index (χ2n) is 9.38. The third-order valence-corrected chi connectivity index (χ3v) is 7.55. The van der Waals surface area contributed by atoms with E-state index in [1.165, 1.54) is 12.1 Å². The number of nitrogens with two attached hydrogens (primary N) is 1. The lowest BCUT2D eigenvalue weighted by molar-refractivity contribution is -0.141. The first-order chi connectivity index (χ1) is 14.9. The number of rotatable bonds is 6. The van der Waals surface area contributed by atoms with E-state index >= 15 is 0 Å². The van der Waals surface area contributed by atoms with Crippen molar-refractivity contribution in [2.75, 3.05) is 13.1 Å². The van der Waals surface area contributed by atoms with Gasteiger partial charge < -0.3 is 15.5 Å². The highest BCUT2D eigenvalue weighted by atomic mass is 19.1. The highest BCUT2D eigenvalue weighted by molar-refractivity contribution is 5.87. The van der Waals surface area contributed by atoms with E-state index in [1.807, 2.05) is 16.7 Å². The Kier molecular flexibility index (Phi) is 4.98. The van der Waals surface area contributed by atoms with Crippen LogP contribution in [0.3, 0.4) is 0 Å². The third-order valence-electron chi connectivity index (χ3n) is 7.55. The molecule has 1 aromatic rings. The number of amides is 2. The van der Waals surface area contributed by atoms with Crippen LogP contribution in [0.15, 0.2) is 24.3 Å². The van der Waals surface area contributed by atoms with Crippen LogP contribution >= 0.6 is 0 Å². The van der Waals surface area contributed by atoms with Gasteiger partial charge in [-0.1, -0.05) is 19.1 Å². The molecule has 8 heteroatoms. The molecule has 1 aliphatic carbocycles. The predicted molar refractivity (Wildman–Crippen MR) is 111 cm³/mol. The molecule has 1 unspecified atom stereocenters. The van der Waals surface area contributed by atoms with Gasteiger partial charge in [0.2, 0.25) is 11.8 Å². The van der Waals surface area contributed by atoms with Crippen molar-refractivity contribution in [2.24, 2.45) is 11.7 Å². The van der Waals surface area contributed by atoms with E-state index in [0.717, 1.165) is 31.2 Å². The summed E-state index contributed by atoms with van der Waals surface area (Å²) >= 11 is 0. The van der Waals surface area contributed by atoms with Crippen molar-refractivity contribution in [1.29, 1.82) is 5.26 Å². The number of likely N-dealkylation sites (tertiary alicyclic amines) is 3. The maximum atomic E-state index is 13.3. The molecule has 0 aromatic heterocycles. The van der Waals surface area contributed by atoms with Gasteiger partial charge in [0.25, 0.3) is 0 Å². The first-order valence-corrected chi connectivity index (χ1v) is 11.2. The van der Waals surface area contributed by atoms with Gasteiger partial charge >= 0.3 is 0 Å². The standard InChI is InChI=1S/C23H28FN5O2/c1-2-19(13-3-5-15(24)6-4-13)29-17-9-21(23(29)31)27(11-17)12-18(26)22(30)28-16(10-25)7-14-8-20(14)28/h3-6,14,16-21H,2,7-9,11-12,26H2,1H3/t14?,16-,17-,18-,19+,20-,21-/m0/s1. The molecule has 1 saturated carbocycles. The SMILES string of the molecule is CC[C@H](c1ccc(F)cc1)N1C(=O)[C@@H]2C[C@H]1CN2C[C@H](N)C(=O)N1[C@H](C#N)CC2C[C@@H]21. The van der Waals surface area contributed by atoms with Crippen LogP contribution in [0.1, 0.15) is 44.2 Å². The number of benzene rings is 1. The van der Waals surface area contributed by atoms with E-state index in [-0.39, 0.29) is 47.8 Å². The number of piperazine rings is 1. The molecule has 4 aliphatic rings. The molecule has 7 atom stereocenters. The quantitative estimate of drug-likeness (QED) is 0.744. The number of hydrogen-bond acceptors (Lipinski definition) is 5. The summed E-state index contributed by atoms with van der Waals surface area (Å²) in [7, 11) is 0. The molecule has 3 saturated heterocycles. The minimum absolute atomic E-state index is 0.0606. The summed E-state index contributed by atoms with van der Waals surface area (Å²) in [5.41, 5.74) is 7.22. The predicted octanol–water partition coefficient (Wildman–Crippen LogP) is 1.40. The van der Waals surface area contributed by atoms with Crippen LogP contribution in [0, 0.1) is 23.1 Å². The second kappa shape index (κ2) is 7.57. The zero-order valence-electron chi connectivity index (χ0n) is 17.7. The zero-order valence-corrected chi connectivity index (χ0v) is 17.7. The molecule has 0 radical (unpaired) electrons. The summed E-state index contributed by atoms with van der Waals surface area (Å²) < 4.78 is 13.3. The Balaban J connectivity index is 1.25. The Hall–Kier alpha value is -2.50. The second-order valence-corrected chi connectivity index (χ2v) is 9.38. The van der Waals surface area contributed by atoms with Crippen molar-refractivity contribution in [1.82, 2.24) is 14.7 Å². The van der Waals surface area contributed by atoms with Gasteiger partial charge in [0, 0.05) is 25.2 Å². The molecular weight excluding hydrogens is 397 g/mol. The lowest BCUT2D eigenvalue weighted by Gasteiger charge is -2.39. The topological polar surface area (TPSA) is 93.7 Å². The summed E-state index contributed by atoms with van der Waals surface area (Å²) in [5.74, 6) is 0.0646. The fraction of sp³-hybridized carbons (Fsp3) is 0.609. The van der Waals surface area contributed by atoms with E-state index in [0.29, 0.717) is 19.0 Å². The molecule has 5 rings (SSSR count). The molecule has 164 valence electrons. The van der Waals surface area contributed by atoms with Crippen molar-refractivity contribution >= 4 is 11.8 Å². The molecule has 2 N–H and O–H groups in total. The van der Waals surface area contributed by atoms with E-state index in [4.69, 9.17) is 5.73 Å². The number of halogens is 1. The van der Waals surface area contributed by atoms with Gasteiger partial charge in [-0.2, -0.15) is 5.26 Å². The van der Waals surface area contributed by atoms with E-state index < -0.39 is 6.04 Å². The van der Waals surface area contributed by atoms with Crippen LogP contribution in [-0.4, -0.2) is 69.8 Å². The van der Waals surface area contributed by atoms with Gasteiger partial charge in [0.15, 0.2) is 0 Å². The number of carbonyl (C=O) groups is 2. The maximum Gasteiger partial charge on any atom is 0.242 e. The highest BCUT2D eigenvalue weighted by Crippen LogP contribution is 2.48. The Morgan fingerprint density at radius 2 is 2.03 bits per heavy atom. The Morgan fingerprint density at radius 1 is 1.29 bits per heavy atom. The molecule has 2 bridgehead atoms. The minimum atomic E-state index is -0.727. The Morgan fingerprint density at radius 3 is 2.68 bits per heavy atom. The van der Waals surface area contributed by atoms with Gasteiger partial charge in [-0.05, 0) is 49.3 Å². The van der Waals surface area contributed by atoms with Gasteiger partial charge in [0.1, 0.15) is 11.9 Å². The average molecular weight is 426 g/mol. The number of piperidine rings is 1. The van der Waals surface area contributed by atoms with Gasteiger partial charge in [0.05, 0.1) is 24.2 Å². The molecule has 31 heavy (non-hydrogen) atoms. The zero-order chi connectivity index (χ0) is 21.9. The van der Waals surface area contributed by atoms with Crippen molar-refractivity contribution < 1.29 is 14.0 Å². The lowest BCUT2D eigenvalue weighted by Crippen LogP contribution is -2.57. The monoisotopic (exact) mass is 425 g/mol. The number of hydrogen-bond donors (Lipinski definition) is 1. The molecule has 4 fully saturated rings.